The number of aromatic nitrogens is 4. The number of ether oxygens (including phenoxy) is 1. The predicted molar refractivity (Wildman–Crippen MR) is 218 cm³/mol. The Hall–Kier alpha value is -6.01. The number of methoxy groups -OCH3 is 1. The first kappa shape index (κ1) is 36.9. The first-order valence-electron chi connectivity index (χ1n) is 19.5. The number of carbonyl (C=O) groups is 3. The summed E-state index contributed by atoms with van der Waals surface area (Å²) in [5.41, 5.74) is 10.3. The van der Waals surface area contributed by atoms with Crippen molar-refractivity contribution in [3.63, 3.8) is 0 Å². The second-order valence-electron chi connectivity index (χ2n) is 15.2. The number of nitrogens with one attached hydrogen (secondary N) is 4. The van der Waals surface area contributed by atoms with Crippen LogP contribution in [0, 0.1) is 5.92 Å². The maximum absolute atomic E-state index is 13.4. The van der Waals surface area contributed by atoms with Gasteiger partial charge < -0.3 is 35.1 Å². The Morgan fingerprint density at radius 3 is 1.62 bits per heavy atom. The predicted octanol–water partition coefficient (Wildman–Crippen LogP) is 7.37. The van der Waals surface area contributed by atoms with Crippen LogP contribution in [0.1, 0.15) is 63.3 Å². The van der Waals surface area contributed by atoms with E-state index in [0.717, 1.165) is 99.3 Å². The van der Waals surface area contributed by atoms with Gasteiger partial charge in [-0.2, -0.15) is 0 Å². The number of benzene rings is 4. The molecule has 12 heteroatoms. The van der Waals surface area contributed by atoms with Crippen LogP contribution in [0.25, 0.3) is 55.4 Å². The third-order valence-electron chi connectivity index (χ3n) is 11.3. The number of aromatic amines is 2. The van der Waals surface area contributed by atoms with Crippen molar-refractivity contribution in [2.24, 2.45) is 5.92 Å². The lowest BCUT2D eigenvalue weighted by Gasteiger charge is -2.29. The van der Waals surface area contributed by atoms with Crippen LogP contribution in [-0.2, 0) is 14.3 Å². The van der Waals surface area contributed by atoms with Gasteiger partial charge in [0, 0.05) is 13.1 Å². The summed E-state index contributed by atoms with van der Waals surface area (Å²) in [5.74, 6) is 1.79. The maximum Gasteiger partial charge on any atom is 0.407 e. The molecule has 2 saturated heterocycles. The fourth-order valence-electron chi connectivity index (χ4n) is 8.35. The Bertz CT molecular complexity index is 2380. The van der Waals surface area contributed by atoms with Gasteiger partial charge in [0.05, 0.1) is 47.3 Å². The zero-order valence-corrected chi connectivity index (χ0v) is 32.3. The number of fused-ring (bicyclic) bond motifs is 2. The molecule has 2 aromatic heterocycles. The van der Waals surface area contributed by atoms with Crippen molar-refractivity contribution < 1.29 is 19.1 Å². The highest BCUT2D eigenvalue weighted by Gasteiger charge is 2.36. The molecule has 0 unspecified atom stereocenters. The smallest absolute Gasteiger partial charge is 0.407 e. The minimum atomic E-state index is -0.626. The molecule has 0 spiro atoms. The van der Waals surface area contributed by atoms with Gasteiger partial charge in [-0.1, -0.05) is 74.5 Å². The molecule has 0 radical (unpaired) electrons. The molecule has 4 N–H and O–H groups in total. The highest BCUT2D eigenvalue weighted by molar-refractivity contribution is 5.86. The number of carbonyl (C=O) groups excluding carboxylic acids is 3. The molecule has 2 aliphatic heterocycles. The normalized spacial score (nSPS) is 17.6. The zero-order valence-electron chi connectivity index (χ0n) is 32.3. The van der Waals surface area contributed by atoms with Gasteiger partial charge >= 0.3 is 6.09 Å². The third kappa shape index (κ3) is 7.24. The molecule has 3 atom stereocenters. The second-order valence-corrected chi connectivity index (χ2v) is 15.2. The summed E-state index contributed by atoms with van der Waals surface area (Å²) >= 11 is 0. The fraction of sp³-hybridized carbons (Fsp3) is 0.341. The highest BCUT2D eigenvalue weighted by Crippen LogP contribution is 2.35. The molecule has 12 nitrogen and oxygen atoms in total. The van der Waals surface area contributed by atoms with E-state index >= 15 is 0 Å². The van der Waals surface area contributed by atoms with Gasteiger partial charge in [-0.05, 0) is 96.3 Å². The van der Waals surface area contributed by atoms with Crippen LogP contribution in [-0.4, -0.2) is 87.5 Å². The van der Waals surface area contributed by atoms with Crippen LogP contribution in [0.3, 0.4) is 0 Å². The molecule has 0 aliphatic carbocycles. The molecule has 2 fully saturated rings. The SMILES string of the molecule is CN[C@H](C(=O)N1CCC[C@H]1c1nc2ccc(-c3ccc(-c4ccc(-c5ccc6nc([C@@H]7CCCN7C(=O)CNC(=O)OC)[nH]c6c5)cc4)cc3)cc2[nH]1)C(C)C. The van der Waals surface area contributed by atoms with Crippen molar-refractivity contribution in [1.29, 1.82) is 0 Å². The number of hydrogen-bond acceptors (Lipinski definition) is 7. The molecular weight excluding hydrogens is 705 g/mol. The van der Waals surface area contributed by atoms with E-state index in [2.05, 4.69) is 118 Å². The number of likely N-dealkylation sites (N-methyl/N-ethyl adjacent to an activating group) is 1. The van der Waals surface area contributed by atoms with Crippen molar-refractivity contribution >= 4 is 40.0 Å². The van der Waals surface area contributed by atoms with Gasteiger partial charge in [0.1, 0.15) is 18.2 Å². The van der Waals surface area contributed by atoms with Crippen LogP contribution in [0.2, 0.25) is 0 Å². The summed E-state index contributed by atoms with van der Waals surface area (Å²) in [6.07, 6.45) is 2.92. The minimum Gasteiger partial charge on any atom is -0.453 e. The molecule has 4 aromatic carbocycles. The van der Waals surface area contributed by atoms with Crippen LogP contribution < -0.4 is 10.6 Å². The highest BCUT2D eigenvalue weighted by atomic mass is 16.5. The van der Waals surface area contributed by atoms with Gasteiger partial charge in [0.2, 0.25) is 11.8 Å². The van der Waals surface area contributed by atoms with E-state index in [1.807, 2.05) is 18.0 Å². The molecule has 0 bridgehead atoms. The van der Waals surface area contributed by atoms with Crippen LogP contribution >= 0.6 is 0 Å². The first-order chi connectivity index (χ1) is 27.2. The van der Waals surface area contributed by atoms with Gasteiger partial charge in [0.15, 0.2) is 0 Å². The lowest BCUT2D eigenvalue weighted by molar-refractivity contribution is -0.135. The van der Waals surface area contributed by atoms with Gasteiger partial charge in [0.25, 0.3) is 0 Å². The number of H-pyrrole nitrogens is 2. The quantitative estimate of drug-likeness (QED) is 0.114. The Morgan fingerprint density at radius 2 is 1.16 bits per heavy atom. The average Bonchev–Trinajstić information content (AvgIpc) is 4.05. The van der Waals surface area contributed by atoms with Gasteiger partial charge in [-0.15, -0.1) is 0 Å². The molecule has 2 aliphatic rings. The summed E-state index contributed by atoms with van der Waals surface area (Å²) in [5, 5.41) is 5.69. The summed E-state index contributed by atoms with van der Waals surface area (Å²) in [6, 6.07) is 29.3. The van der Waals surface area contributed by atoms with E-state index in [1.165, 1.54) is 7.11 Å². The maximum atomic E-state index is 13.4. The van der Waals surface area contributed by atoms with E-state index in [4.69, 9.17) is 9.97 Å². The number of likely N-dealkylation sites (tertiary alicyclic amines) is 2. The summed E-state index contributed by atoms with van der Waals surface area (Å²) in [4.78, 5) is 58.3. The summed E-state index contributed by atoms with van der Waals surface area (Å²) < 4.78 is 4.60. The van der Waals surface area contributed by atoms with Crippen LogP contribution in [0.5, 0.6) is 0 Å². The van der Waals surface area contributed by atoms with Crippen LogP contribution in [0.15, 0.2) is 84.9 Å². The van der Waals surface area contributed by atoms with Gasteiger partial charge in [-0.3, -0.25) is 9.59 Å². The van der Waals surface area contributed by atoms with Crippen molar-refractivity contribution in [1.82, 2.24) is 40.4 Å². The fourth-order valence-corrected chi connectivity index (χ4v) is 8.35. The Kier molecular flexibility index (Phi) is 10.3. The molecule has 0 saturated carbocycles. The molecule has 4 heterocycles. The summed E-state index contributed by atoms with van der Waals surface area (Å²) in [6.45, 7) is 5.40. The number of hydrogen-bond donors (Lipinski definition) is 4. The average molecular weight is 753 g/mol. The number of alkyl carbamates (subject to hydrolysis) is 1. The van der Waals surface area contributed by atoms with Crippen LogP contribution in [0.4, 0.5) is 4.79 Å². The Labute approximate surface area is 326 Å². The molecule has 56 heavy (non-hydrogen) atoms. The molecular formula is C44H48N8O4. The van der Waals surface area contributed by atoms with Crippen molar-refractivity contribution in [2.75, 3.05) is 33.8 Å². The number of nitrogens with zero attached hydrogens (tertiary/aromatic N) is 4. The number of rotatable bonds is 10. The van der Waals surface area contributed by atoms with Crippen molar-refractivity contribution in [2.45, 2.75) is 57.7 Å². The monoisotopic (exact) mass is 752 g/mol. The number of imidazole rings is 2. The molecule has 3 amide bonds. The third-order valence-corrected chi connectivity index (χ3v) is 11.3. The largest absolute Gasteiger partial charge is 0.453 e. The van der Waals surface area contributed by atoms with Crippen molar-refractivity contribution in [3.05, 3.63) is 96.6 Å². The van der Waals surface area contributed by atoms with Crippen molar-refractivity contribution in [3.8, 4) is 33.4 Å². The van der Waals surface area contributed by atoms with E-state index in [0.29, 0.717) is 6.54 Å². The lowest BCUT2D eigenvalue weighted by atomic mass is 9.98. The second kappa shape index (κ2) is 15.6. The molecule has 6 aromatic rings. The number of amides is 3. The van der Waals surface area contributed by atoms with E-state index in [-0.39, 0.29) is 42.4 Å². The van der Waals surface area contributed by atoms with E-state index in [1.54, 1.807) is 4.90 Å². The summed E-state index contributed by atoms with van der Waals surface area (Å²) in [7, 11) is 3.13. The topological polar surface area (TPSA) is 148 Å². The van der Waals surface area contributed by atoms with E-state index < -0.39 is 6.09 Å². The molecule has 8 rings (SSSR count). The minimum absolute atomic E-state index is 0.0451. The Balaban J connectivity index is 0.944. The zero-order chi connectivity index (χ0) is 38.9. The standard InChI is InChI=1S/C44H48N8O4/c1-26(2)40(45-3)43(54)52-22-6-8-38(52)42-48-34-20-18-32(24-36(34)50-42)30-15-11-28(12-16-30)27-9-13-29(14-10-27)31-17-19-33-35(23-31)49-41(47-33)37-7-5-21-51(37)39(53)25-46-44(55)56-4/h9-20,23-24,26,37-38,40,45H,5-8,21-22,25H2,1-4H3,(H,46,55)(H,47,49)(H,48,50)/t37-,38-,40-/m0/s1. The Morgan fingerprint density at radius 1 is 0.714 bits per heavy atom. The van der Waals surface area contributed by atoms with Gasteiger partial charge in [-0.25, -0.2) is 14.8 Å². The van der Waals surface area contributed by atoms with E-state index in [9.17, 15) is 14.4 Å². The first-order valence-corrected chi connectivity index (χ1v) is 19.5. The lowest BCUT2D eigenvalue weighted by Crippen LogP contribution is -2.47. The molecule has 288 valence electrons.